The molecule has 27 heavy (non-hydrogen) atoms. The maximum Gasteiger partial charge on any atom is 0.433 e. The summed E-state index contributed by atoms with van der Waals surface area (Å²) in [6.07, 6.45) is -0.497. The van der Waals surface area contributed by atoms with E-state index in [1.807, 2.05) is 87.5 Å². The van der Waals surface area contributed by atoms with Gasteiger partial charge in [0, 0.05) is 0 Å². The summed E-state index contributed by atoms with van der Waals surface area (Å²) < 4.78 is 11.0. The van der Waals surface area contributed by atoms with Crippen LogP contribution < -0.4 is 15.2 Å². The van der Waals surface area contributed by atoms with Crippen molar-refractivity contribution in [1.82, 2.24) is 0 Å². The van der Waals surface area contributed by atoms with Gasteiger partial charge in [0.1, 0.15) is 11.4 Å². The maximum atomic E-state index is 12.9. The maximum absolute atomic E-state index is 12.9. The fourth-order valence-electron chi connectivity index (χ4n) is 2.70. The van der Waals surface area contributed by atoms with E-state index in [2.05, 4.69) is 5.43 Å². The SMILES string of the molecule is COc1ccccc1NN(C(=O)OC(C)(C)C)c1ccc2ccccc2c1. The molecule has 0 unspecified atom stereocenters. The third kappa shape index (κ3) is 4.50. The molecule has 0 heterocycles. The quantitative estimate of drug-likeness (QED) is 0.611. The van der Waals surface area contributed by atoms with Crippen LogP contribution in [0.2, 0.25) is 0 Å². The highest BCUT2D eigenvalue weighted by molar-refractivity contribution is 5.94. The summed E-state index contributed by atoms with van der Waals surface area (Å²) in [5.74, 6) is 0.631. The Morgan fingerprint density at radius 3 is 2.30 bits per heavy atom. The predicted molar refractivity (Wildman–Crippen MR) is 109 cm³/mol. The molecule has 0 aliphatic heterocycles. The minimum Gasteiger partial charge on any atom is -0.495 e. The molecule has 1 amide bonds. The van der Waals surface area contributed by atoms with Gasteiger partial charge in [-0.15, -0.1) is 0 Å². The second-order valence-electron chi connectivity index (χ2n) is 7.16. The lowest BCUT2D eigenvalue weighted by molar-refractivity contribution is 0.0589. The van der Waals surface area contributed by atoms with Crippen molar-refractivity contribution in [3.63, 3.8) is 0 Å². The Balaban J connectivity index is 2.01. The number of hydrazine groups is 1. The number of rotatable bonds is 4. The molecule has 0 bridgehead atoms. The van der Waals surface area contributed by atoms with Gasteiger partial charge in [-0.3, -0.25) is 5.43 Å². The number of carbonyl (C=O) groups is 1. The Morgan fingerprint density at radius 1 is 0.926 bits per heavy atom. The molecule has 3 rings (SSSR count). The van der Waals surface area contributed by atoms with Crippen molar-refractivity contribution in [1.29, 1.82) is 0 Å². The monoisotopic (exact) mass is 364 g/mol. The van der Waals surface area contributed by atoms with Crippen molar-refractivity contribution in [2.75, 3.05) is 17.5 Å². The van der Waals surface area contributed by atoms with Gasteiger partial charge in [0.2, 0.25) is 0 Å². The number of nitrogens with zero attached hydrogens (tertiary/aromatic N) is 1. The van der Waals surface area contributed by atoms with Gasteiger partial charge in [0.15, 0.2) is 0 Å². The number of methoxy groups -OCH3 is 1. The van der Waals surface area contributed by atoms with E-state index in [9.17, 15) is 4.79 Å². The smallest absolute Gasteiger partial charge is 0.433 e. The molecule has 0 saturated heterocycles. The van der Waals surface area contributed by atoms with Crippen molar-refractivity contribution in [3.05, 3.63) is 66.7 Å². The topological polar surface area (TPSA) is 50.8 Å². The zero-order valence-electron chi connectivity index (χ0n) is 16.0. The fraction of sp³-hybridized carbons (Fsp3) is 0.227. The summed E-state index contributed by atoms with van der Waals surface area (Å²) >= 11 is 0. The number of ether oxygens (including phenoxy) is 2. The second kappa shape index (κ2) is 7.58. The van der Waals surface area contributed by atoms with Gasteiger partial charge in [0.25, 0.3) is 0 Å². The number of nitrogens with one attached hydrogen (secondary N) is 1. The Labute approximate surface area is 159 Å². The van der Waals surface area contributed by atoms with Crippen molar-refractivity contribution in [3.8, 4) is 5.75 Å². The molecule has 3 aromatic rings. The van der Waals surface area contributed by atoms with Crippen LogP contribution in [0.1, 0.15) is 20.8 Å². The lowest BCUT2D eigenvalue weighted by atomic mass is 10.1. The van der Waals surface area contributed by atoms with E-state index in [1.165, 1.54) is 5.01 Å². The highest BCUT2D eigenvalue weighted by Crippen LogP contribution is 2.28. The first-order valence-corrected chi connectivity index (χ1v) is 8.79. The van der Waals surface area contributed by atoms with Crippen molar-refractivity contribution in [2.45, 2.75) is 26.4 Å². The molecule has 0 saturated carbocycles. The molecule has 1 N–H and O–H groups in total. The van der Waals surface area contributed by atoms with E-state index in [0.29, 0.717) is 17.1 Å². The average Bonchev–Trinajstić information content (AvgIpc) is 2.64. The van der Waals surface area contributed by atoms with E-state index < -0.39 is 11.7 Å². The van der Waals surface area contributed by atoms with Gasteiger partial charge in [-0.25, -0.2) is 4.79 Å². The number of carbonyl (C=O) groups excluding carboxylic acids is 1. The number of benzene rings is 3. The van der Waals surface area contributed by atoms with E-state index in [0.717, 1.165) is 10.8 Å². The Bertz CT molecular complexity index is 947. The lowest BCUT2D eigenvalue weighted by Gasteiger charge is -2.29. The zero-order chi connectivity index (χ0) is 19.4. The average molecular weight is 364 g/mol. The number of hydrogen-bond donors (Lipinski definition) is 1. The van der Waals surface area contributed by atoms with E-state index in [4.69, 9.17) is 9.47 Å². The van der Waals surface area contributed by atoms with Crippen LogP contribution in [0.15, 0.2) is 66.7 Å². The van der Waals surface area contributed by atoms with Gasteiger partial charge in [-0.05, 0) is 55.8 Å². The van der Waals surface area contributed by atoms with Gasteiger partial charge < -0.3 is 9.47 Å². The van der Waals surface area contributed by atoms with Crippen LogP contribution in [0.5, 0.6) is 5.75 Å². The molecule has 0 radical (unpaired) electrons. The first-order valence-electron chi connectivity index (χ1n) is 8.79. The minimum absolute atomic E-state index is 0.497. The third-order valence-electron chi connectivity index (χ3n) is 3.91. The van der Waals surface area contributed by atoms with E-state index in [-0.39, 0.29) is 0 Å². The zero-order valence-corrected chi connectivity index (χ0v) is 16.0. The number of para-hydroxylation sites is 2. The molecule has 5 nitrogen and oxygen atoms in total. The Morgan fingerprint density at radius 2 is 1.59 bits per heavy atom. The predicted octanol–water partition coefficient (Wildman–Crippen LogP) is 5.62. The van der Waals surface area contributed by atoms with Crippen molar-refractivity contribution < 1.29 is 14.3 Å². The molecular formula is C22H24N2O3. The summed E-state index contributed by atoms with van der Waals surface area (Å²) in [5.41, 5.74) is 3.86. The molecular weight excluding hydrogens is 340 g/mol. The van der Waals surface area contributed by atoms with Crippen LogP contribution in [0.3, 0.4) is 0 Å². The number of fused-ring (bicyclic) bond motifs is 1. The summed E-state index contributed by atoms with van der Waals surface area (Å²) in [7, 11) is 1.59. The molecule has 140 valence electrons. The Kier molecular flexibility index (Phi) is 5.21. The van der Waals surface area contributed by atoms with Crippen molar-refractivity contribution >= 4 is 28.2 Å². The van der Waals surface area contributed by atoms with Gasteiger partial charge in [-0.2, -0.15) is 5.01 Å². The normalized spacial score (nSPS) is 11.1. The molecule has 0 aromatic heterocycles. The molecule has 0 fully saturated rings. The van der Waals surface area contributed by atoms with Gasteiger partial charge in [-0.1, -0.05) is 42.5 Å². The second-order valence-corrected chi connectivity index (χ2v) is 7.16. The standard InChI is InChI=1S/C22H24N2O3/c1-22(2,3)27-21(25)24(23-19-11-7-8-12-20(19)26-4)18-14-13-16-9-5-6-10-17(16)15-18/h5-15,23H,1-4H3. The molecule has 5 heteroatoms. The fourth-order valence-corrected chi connectivity index (χ4v) is 2.70. The van der Waals surface area contributed by atoms with Crippen LogP contribution in [0, 0.1) is 0 Å². The highest BCUT2D eigenvalue weighted by atomic mass is 16.6. The van der Waals surface area contributed by atoms with Gasteiger partial charge >= 0.3 is 6.09 Å². The van der Waals surface area contributed by atoms with E-state index >= 15 is 0 Å². The molecule has 3 aromatic carbocycles. The number of amides is 1. The van der Waals surface area contributed by atoms with Crippen LogP contribution in [0.25, 0.3) is 10.8 Å². The summed E-state index contributed by atoms with van der Waals surface area (Å²) in [6, 6.07) is 21.2. The molecule has 0 atom stereocenters. The summed E-state index contributed by atoms with van der Waals surface area (Å²) in [6.45, 7) is 5.52. The largest absolute Gasteiger partial charge is 0.495 e. The highest BCUT2D eigenvalue weighted by Gasteiger charge is 2.24. The molecule has 0 aliphatic rings. The molecule has 0 aliphatic carbocycles. The number of anilines is 2. The molecule has 0 spiro atoms. The first-order chi connectivity index (χ1) is 12.9. The summed E-state index contributed by atoms with van der Waals surface area (Å²) in [5, 5.41) is 3.53. The van der Waals surface area contributed by atoms with Crippen LogP contribution in [-0.4, -0.2) is 18.8 Å². The first kappa shape index (κ1) is 18.6. The minimum atomic E-state index is -0.616. The lowest BCUT2D eigenvalue weighted by Crippen LogP contribution is -2.40. The van der Waals surface area contributed by atoms with Crippen molar-refractivity contribution in [2.24, 2.45) is 0 Å². The van der Waals surface area contributed by atoms with Crippen LogP contribution in [-0.2, 0) is 4.74 Å². The number of hydrogen-bond acceptors (Lipinski definition) is 4. The van der Waals surface area contributed by atoms with Crippen LogP contribution >= 0.6 is 0 Å². The van der Waals surface area contributed by atoms with E-state index in [1.54, 1.807) is 7.11 Å². The summed E-state index contributed by atoms with van der Waals surface area (Å²) in [4.78, 5) is 12.9. The van der Waals surface area contributed by atoms with Gasteiger partial charge in [0.05, 0.1) is 18.5 Å². The third-order valence-corrected chi connectivity index (χ3v) is 3.91. The van der Waals surface area contributed by atoms with Crippen LogP contribution in [0.4, 0.5) is 16.2 Å². The Hall–Kier alpha value is -3.21.